The molecule has 2 aromatic rings. The minimum absolute atomic E-state index is 0.317. The van der Waals surface area contributed by atoms with Gasteiger partial charge in [0.1, 0.15) is 0 Å². The Kier molecular flexibility index (Phi) is 2.90. The molecule has 0 spiro atoms. The fraction of sp³-hybridized carbons (Fsp3) is 0. The van der Waals surface area contributed by atoms with Crippen molar-refractivity contribution in [3.8, 4) is 11.1 Å². The van der Waals surface area contributed by atoms with Crippen molar-refractivity contribution < 1.29 is 22.0 Å². The van der Waals surface area contributed by atoms with Gasteiger partial charge in [-0.2, -0.15) is 0 Å². The van der Waals surface area contributed by atoms with E-state index in [1.165, 1.54) is 0 Å². The number of hydrogen-bond acceptors (Lipinski definition) is 1. The monoisotopic (exact) mass is 261 g/mol. The van der Waals surface area contributed by atoms with Gasteiger partial charge in [-0.1, -0.05) is 0 Å². The Bertz CT molecular complexity index is 630. The van der Waals surface area contributed by atoms with Crippen molar-refractivity contribution in [3.63, 3.8) is 0 Å². The number of rotatable bonds is 1. The van der Waals surface area contributed by atoms with Crippen molar-refractivity contribution >= 4 is 0 Å². The van der Waals surface area contributed by atoms with E-state index >= 15 is 0 Å². The fourth-order valence-corrected chi connectivity index (χ4v) is 1.42. The minimum atomic E-state index is -2.22. The van der Waals surface area contributed by atoms with Crippen molar-refractivity contribution in [2.45, 2.75) is 0 Å². The average molecular weight is 261 g/mol. The van der Waals surface area contributed by atoms with Gasteiger partial charge in [0.25, 0.3) is 0 Å². The van der Waals surface area contributed by atoms with Crippen LogP contribution in [0.1, 0.15) is 0 Å². The molecule has 0 saturated carbocycles. The molecule has 0 atom stereocenters. The summed E-state index contributed by atoms with van der Waals surface area (Å²) in [6, 6.07) is 1.87. The Morgan fingerprint density at radius 2 is 1.28 bits per heavy atom. The highest BCUT2D eigenvalue weighted by Gasteiger charge is 2.26. The third-order valence-corrected chi connectivity index (χ3v) is 2.28. The number of aromatic amines is 1. The first-order chi connectivity index (χ1) is 8.43. The normalized spacial score (nSPS) is 10.7. The Morgan fingerprint density at radius 3 is 1.72 bits per heavy atom. The molecule has 0 aliphatic rings. The zero-order valence-corrected chi connectivity index (χ0v) is 8.53. The van der Waals surface area contributed by atoms with Gasteiger partial charge in [0.05, 0.1) is 5.56 Å². The first-order valence-electron chi connectivity index (χ1n) is 4.64. The lowest BCUT2D eigenvalue weighted by Crippen LogP contribution is -2.06. The molecule has 0 bridgehead atoms. The zero-order valence-electron chi connectivity index (χ0n) is 8.53. The molecular weight excluding hydrogens is 257 g/mol. The van der Waals surface area contributed by atoms with Gasteiger partial charge in [0.2, 0.25) is 11.4 Å². The van der Waals surface area contributed by atoms with Crippen LogP contribution in [0.2, 0.25) is 0 Å². The summed E-state index contributed by atoms with van der Waals surface area (Å²) in [4.78, 5) is 12.8. The largest absolute Gasteiger partial charge is 0.328 e. The van der Waals surface area contributed by atoms with Crippen LogP contribution in [-0.2, 0) is 0 Å². The Balaban J connectivity index is 2.79. The van der Waals surface area contributed by atoms with Crippen LogP contribution in [0, 0.1) is 29.1 Å². The fourth-order valence-electron chi connectivity index (χ4n) is 1.42. The highest BCUT2D eigenvalue weighted by atomic mass is 19.2. The molecule has 0 saturated heterocycles. The number of hydrogen-bond donors (Lipinski definition) is 1. The second-order valence-corrected chi connectivity index (χ2v) is 3.39. The maximum atomic E-state index is 13.4. The van der Waals surface area contributed by atoms with Crippen molar-refractivity contribution in [3.05, 3.63) is 57.8 Å². The van der Waals surface area contributed by atoms with Crippen LogP contribution in [0.15, 0.2) is 23.1 Å². The number of halogens is 5. The maximum absolute atomic E-state index is 13.4. The summed E-state index contributed by atoms with van der Waals surface area (Å²) in [5.41, 5.74) is -1.97. The van der Waals surface area contributed by atoms with Crippen LogP contribution in [0.4, 0.5) is 22.0 Å². The van der Waals surface area contributed by atoms with Crippen LogP contribution in [-0.4, -0.2) is 4.98 Å². The highest BCUT2D eigenvalue weighted by molar-refractivity contribution is 5.64. The Morgan fingerprint density at radius 1 is 0.778 bits per heavy atom. The smallest absolute Gasteiger partial charge is 0.247 e. The molecule has 1 aromatic carbocycles. The van der Waals surface area contributed by atoms with E-state index in [1.54, 1.807) is 0 Å². The summed E-state index contributed by atoms with van der Waals surface area (Å²) >= 11 is 0. The number of aromatic nitrogens is 1. The van der Waals surface area contributed by atoms with Gasteiger partial charge < -0.3 is 4.98 Å². The SMILES string of the molecule is O=c1ccc(-c2c(F)c(F)c(F)c(F)c2F)c[nH]1. The molecule has 2 rings (SSSR count). The molecule has 94 valence electrons. The van der Waals surface area contributed by atoms with Crippen molar-refractivity contribution in [2.75, 3.05) is 0 Å². The molecule has 0 fully saturated rings. The molecule has 0 unspecified atom stereocenters. The van der Waals surface area contributed by atoms with Gasteiger partial charge >= 0.3 is 0 Å². The summed E-state index contributed by atoms with van der Waals surface area (Å²) in [5.74, 6) is -10.2. The third kappa shape index (κ3) is 1.77. The van der Waals surface area contributed by atoms with E-state index in [0.717, 1.165) is 18.3 Å². The van der Waals surface area contributed by atoms with Crippen LogP contribution in [0.3, 0.4) is 0 Å². The predicted octanol–water partition coefficient (Wildman–Crippen LogP) is 2.74. The molecule has 18 heavy (non-hydrogen) atoms. The van der Waals surface area contributed by atoms with Gasteiger partial charge in [0, 0.05) is 17.8 Å². The van der Waals surface area contributed by atoms with E-state index in [-0.39, 0.29) is 5.56 Å². The lowest BCUT2D eigenvalue weighted by molar-refractivity contribution is 0.381. The van der Waals surface area contributed by atoms with E-state index in [2.05, 4.69) is 4.98 Å². The third-order valence-electron chi connectivity index (χ3n) is 2.28. The topological polar surface area (TPSA) is 32.9 Å². The first-order valence-corrected chi connectivity index (χ1v) is 4.64. The number of pyridine rings is 1. The first kappa shape index (κ1) is 12.3. The molecule has 0 aliphatic heterocycles. The van der Waals surface area contributed by atoms with Crippen molar-refractivity contribution in [1.29, 1.82) is 0 Å². The van der Waals surface area contributed by atoms with Crippen LogP contribution in [0.25, 0.3) is 11.1 Å². The number of benzene rings is 1. The molecule has 0 amide bonds. The molecule has 0 radical (unpaired) electrons. The van der Waals surface area contributed by atoms with E-state index in [4.69, 9.17) is 0 Å². The summed E-state index contributed by atoms with van der Waals surface area (Å²) in [7, 11) is 0. The quantitative estimate of drug-likeness (QED) is 0.478. The molecule has 7 heteroatoms. The van der Waals surface area contributed by atoms with Crippen LogP contribution >= 0.6 is 0 Å². The van der Waals surface area contributed by atoms with Gasteiger partial charge in [-0.25, -0.2) is 22.0 Å². The minimum Gasteiger partial charge on any atom is -0.328 e. The molecule has 2 nitrogen and oxygen atoms in total. The Hall–Kier alpha value is -2.18. The number of nitrogens with one attached hydrogen (secondary N) is 1. The Labute approximate surface area is 96.7 Å². The average Bonchev–Trinajstić information content (AvgIpc) is 2.36. The van der Waals surface area contributed by atoms with Gasteiger partial charge in [-0.3, -0.25) is 4.79 Å². The van der Waals surface area contributed by atoms with E-state index < -0.39 is 40.2 Å². The molecule has 1 N–H and O–H groups in total. The highest BCUT2D eigenvalue weighted by Crippen LogP contribution is 2.30. The van der Waals surface area contributed by atoms with Gasteiger partial charge in [-0.15, -0.1) is 0 Å². The van der Waals surface area contributed by atoms with Crippen LogP contribution in [0.5, 0.6) is 0 Å². The molecule has 1 heterocycles. The predicted molar refractivity (Wildman–Crippen MR) is 52.3 cm³/mol. The summed E-state index contributed by atoms with van der Waals surface area (Å²) in [6.45, 7) is 0. The number of H-pyrrole nitrogens is 1. The van der Waals surface area contributed by atoms with Gasteiger partial charge in [-0.05, 0) is 6.07 Å². The second kappa shape index (κ2) is 4.25. The lowest BCUT2D eigenvalue weighted by Gasteiger charge is -2.07. The zero-order chi connectivity index (χ0) is 13.4. The van der Waals surface area contributed by atoms with Crippen molar-refractivity contribution in [1.82, 2.24) is 4.98 Å². The molecule has 1 aromatic heterocycles. The molecule has 0 aliphatic carbocycles. The standard InChI is InChI=1S/C11H4F5NO/c12-7-6(4-1-2-5(18)17-3-4)8(13)10(15)11(16)9(7)14/h1-3H,(H,17,18). The van der Waals surface area contributed by atoms with Gasteiger partial charge in [0.15, 0.2) is 23.3 Å². The lowest BCUT2D eigenvalue weighted by atomic mass is 10.1. The van der Waals surface area contributed by atoms with E-state index in [1.807, 2.05) is 0 Å². The summed E-state index contributed by atoms with van der Waals surface area (Å²) in [6.07, 6.45) is 0.862. The van der Waals surface area contributed by atoms with E-state index in [9.17, 15) is 26.7 Å². The summed E-state index contributed by atoms with van der Waals surface area (Å²) in [5, 5.41) is 0. The van der Waals surface area contributed by atoms with Crippen LogP contribution < -0.4 is 5.56 Å². The second-order valence-electron chi connectivity index (χ2n) is 3.39. The summed E-state index contributed by atoms with van der Waals surface area (Å²) < 4.78 is 65.4. The maximum Gasteiger partial charge on any atom is 0.247 e. The van der Waals surface area contributed by atoms with Crippen molar-refractivity contribution in [2.24, 2.45) is 0 Å². The van der Waals surface area contributed by atoms with E-state index in [0.29, 0.717) is 0 Å². The molecular formula is C11H4F5NO.